The van der Waals surface area contributed by atoms with Crippen LogP contribution >= 0.6 is 47.1 Å². The number of morpholine rings is 1. The number of rotatable bonds is 9. The molecule has 4 rings (SSSR count). The zero-order valence-electron chi connectivity index (χ0n) is 18.7. The molecule has 2 aromatic carbocycles. The van der Waals surface area contributed by atoms with E-state index in [2.05, 4.69) is 17.0 Å². The van der Waals surface area contributed by atoms with E-state index in [0.717, 1.165) is 65.9 Å². The third-order valence-corrected chi connectivity index (χ3v) is 7.80. The first-order valence-corrected chi connectivity index (χ1v) is 13.1. The Labute approximate surface area is 214 Å². The van der Waals surface area contributed by atoms with Gasteiger partial charge < -0.3 is 4.74 Å². The van der Waals surface area contributed by atoms with Crippen LogP contribution in [0, 0.1) is 6.92 Å². The number of hydrogen-bond acceptors (Lipinski definition) is 6. The van der Waals surface area contributed by atoms with Crippen LogP contribution in [0.5, 0.6) is 0 Å². The number of thiazole rings is 1. The van der Waals surface area contributed by atoms with Gasteiger partial charge in [-0.25, -0.2) is 4.98 Å². The summed E-state index contributed by atoms with van der Waals surface area (Å²) in [6, 6.07) is 14.2. The fraction of sp³-hybridized carbons (Fsp3) is 0.417. The smallest absolute Gasteiger partial charge is 0.228 e. The monoisotopic (exact) mass is 525 g/mol. The van der Waals surface area contributed by atoms with Crippen molar-refractivity contribution in [1.82, 2.24) is 9.88 Å². The van der Waals surface area contributed by atoms with Crippen LogP contribution in [0.25, 0.3) is 10.2 Å². The second kappa shape index (κ2) is 12.9. The number of amides is 1. The van der Waals surface area contributed by atoms with E-state index in [4.69, 9.17) is 21.3 Å². The normalized spacial score (nSPS) is 14.2. The van der Waals surface area contributed by atoms with Crippen LogP contribution in [-0.4, -0.2) is 60.9 Å². The topological polar surface area (TPSA) is 45.7 Å². The van der Waals surface area contributed by atoms with Crippen LogP contribution in [0.2, 0.25) is 5.02 Å². The molecule has 0 aliphatic carbocycles. The Balaban J connectivity index is 0.00000306. The van der Waals surface area contributed by atoms with Crippen molar-refractivity contribution in [2.24, 2.45) is 0 Å². The van der Waals surface area contributed by atoms with E-state index in [1.807, 2.05) is 42.2 Å². The summed E-state index contributed by atoms with van der Waals surface area (Å²) in [7, 11) is 0. The third-order valence-electron chi connectivity index (χ3n) is 5.46. The lowest BCUT2D eigenvalue weighted by Crippen LogP contribution is -2.43. The number of aromatic nitrogens is 1. The molecule has 0 bridgehead atoms. The second-order valence-corrected chi connectivity index (χ2v) is 10.4. The van der Waals surface area contributed by atoms with Crippen molar-refractivity contribution in [3.63, 3.8) is 0 Å². The van der Waals surface area contributed by atoms with Crippen LogP contribution in [0.1, 0.15) is 18.4 Å². The summed E-state index contributed by atoms with van der Waals surface area (Å²) >= 11 is 9.59. The average Bonchev–Trinajstić information content (AvgIpc) is 3.22. The molecular weight excluding hydrogens is 497 g/mol. The molecule has 5 nitrogen and oxygen atoms in total. The molecule has 1 aliphatic rings. The SMILES string of the molecule is Cc1cc(Cl)cc2sc(N(CCN3CCOCC3)C(=O)CCCSc3ccccc3)nc12.Cl. The largest absolute Gasteiger partial charge is 0.379 e. The fourth-order valence-corrected chi connectivity index (χ4v) is 6.05. The van der Waals surface area contributed by atoms with Gasteiger partial charge in [0.15, 0.2) is 5.13 Å². The van der Waals surface area contributed by atoms with Gasteiger partial charge >= 0.3 is 0 Å². The zero-order chi connectivity index (χ0) is 22.3. The average molecular weight is 527 g/mol. The van der Waals surface area contributed by atoms with Crippen molar-refractivity contribution < 1.29 is 9.53 Å². The van der Waals surface area contributed by atoms with Gasteiger partial charge in [0.25, 0.3) is 0 Å². The number of hydrogen-bond donors (Lipinski definition) is 0. The number of thioether (sulfide) groups is 1. The summed E-state index contributed by atoms with van der Waals surface area (Å²) in [5.41, 5.74) is 1.97. The number of ether oxygens (including phenoxy) is 1. The summed E-state index contributed by atoms with van der Waals surface area (Å²) in [6.07, 6.45) is 1.35. The van der Waals surface area contributed by atoms with Gasteiger partial charge in [0, 0.05) is 42.5 Å². The summed E-state index contributed by atoms with van der Waals surface area (Å²) in [4.78, 5) is 23.6. The molecule has 33 heavy (non-hydrogen) atoms. The molecule has 0 saturated carbocycles. The lowest BCUT2D eigenvalue weighted by atomic mass is 10.2. The Morgan fingerprint density at radius 1 is 1.24 bits per heavy atom. The Kier molecular flexibility index (Phi) is 10.3. The van der Waals surface area contributed by atoms with Crippen LogP contribution in [0.4, 0.5) is 5.13 Å². The fourth-order valence-electron chi connectivity index (χ4n) is 3.72. The minimum atomic E-state index is 0. The van der Waals surface area contributed by atoms with Gasteiger partial charge in [-0.2, -0.15) is 0 Å². The first-order valence-electron chi connectivity index (χ1n) is 10.9. The third kappa shape index (κ3) is 7.31. The van der Waals surface area contributed by atoms with E-state index in [1.165, 1.54) is 4.90 Å². The van der Waals surface area contributed by atoms with E-state index < -0.39 is 0 Å². The van der Waals surface area contributed by atoms with E-state index >= 15 is 0 Å². The van der Waals surface area contributed by atoms with Crippen molar-refractivity contribution in [2.75, 3.05) is 50.0 Å². The van der Waals surface area contributed by atoms with Gasteiger partial charge in [0.1, 0.15) is 0 Å². The van der Waals surface area contributed by atoms with Crippen LogP contribution < -0.4 is 4.90 Å². The van der Waals surface area contributed by atoms with Gasteiger partial charge in [0.2, 0.25) is 5.91 Å². The minimum absolute atomic E-state index is 0. The van der Waals surface area contributed by atoms with Crippen molar-refractivity contribution in [3.05, 3.63) is 53.1 Å². The summed E-state index contributed by atoms with van der Waals surface area (Å²) in [5, 5.41) is 1.47. The highest BCUT2D eigenvalue weighted by molar-refractivity contribution is 7.99. The van der Waals surface area contributed by atoms with Gasteiger partial charge in [0.05, 0.1) is 23.4 Å². The predicted molar refractivity (Wildman–Crippen MR) is 143 cm³/mol. The highest BCUT2D eigenvalue weighted by Crippen LogP contribution is 2.33. The molecule has 178 valence electrons. The molecule has 1 saturated heterocycles. The maximum atomic E-state index is 13.3. The van der Waals surface area contributed by atoms with Crippen molar-refractivity contribution in [2.45, 2.75) is 24.7 Å². The molecule has 1 amide bonds. The molecular formula is C24H29Cl2N3O2S2. The number of carbonyl (C=O) groups is 1. The maximum absolute atomic E-state index is 13.3. The molecule has 2 heterocycles. The first kappa shape index (κ1) is 26.3. The highest BCUT2D eigenvalue weighted by atomic mass is 35.5. The lowest BCUT2D eigenvalue weighted by molar-refractivity contribution is -0.118. The van der Waals surface area contributed by atoms with E-state index in [-0.39, 0.29) is 18.3 Å². The van der Waals surface area contributed by atoms with Crippen molar-refractivity contribution in [1.29, 1.82) is 0 Å². The number of nitrogens with zero attached hydrogens (tertiary/aromatic N) is 3. The summed E-state index contributed by atoms with van der Waals surface area (Å²) in [5.74, 6) is 1.05. The molecule has 0 spiro atoms. The van der Waals surface area contributed by atoms with Crippen LogP contribution in [0.3, 0.4) is 0 Å². The first-order chi connectivity index (χ1) is 15.6. The molecule has 0 unspecified atom stereocenters. The van der Waals surface area contributed by atoms with Crippen molar-refractivity contribution >= 4 is 68.4 Å². The predicted octanol–water partition coefficient (Wildman–Crippen LogP) is 5.92. The maximum Gasteiger partial charge on any atom is 0.228 e. The zero-order valence-corrected chi connectivity index (χ0v) is 21.9. The Hall–Kier alpha value is -1.35. The Bertz CT molecular complexity index is 1040. The highest BCUT2D eigenvalue weighted by Gasteiger charge is 2.22. The molecule has 1 fully saturated rings. The molecule has 0 N–H and O–H groups in total. The van der Waals surface area contributed by atoms with Gasteiger partial charge in [-0.15, -0.1) is 24.2 Å². The van der Waals surface area contributed by atoms with E-state index in [9.17, 15) is 4.79 Å². The Morgan fingerprint density at radius 2 is 2.00 bits per heavy atom. The summed E-state index contributed by atoms with van der Waals surface area (Å²) in [6.45, 7) is 6.79. The number of anilines is 1. The molecule has 1 aromatic heterocycles. The molecule has 0 atom stereocenters. The number of benzene rings is 2. The van der Waals surface area contributed by atoms with Gasteiger partial charge in [-0.05, 0) is 48.9 Å². The van der Waals surface area contributed by atoms with E-state index in [0.29, 0.717) is 18.0 Å². The Morgan fingerprint density at radius 3 is 2.76 bits per heavy atom. The number of fused-ring (bicyclic) bond motifs is 1. The van der Waals surface area contributed by atoms with Crippen LogP contribution in [0.15, 0.2) is 47.4 Å². The number of halogens is 2. The molecule has 0 radical (unpaired) electrons. The molecule has 3 aromatic rings. The quantitative estimate of drug-likeness (QED) is 0.256. The standard InChI is InChI=1S/C24H28ClN3O2S2.ClH/c1-18-16-19(25)17-21-23(18)26-24(32-21)28(10-9-27-11-13-30-14-12-27)22(29)8-5-15-31-20-6-3-2-4-7-20;/h2-4,6-7,16-17H,5,8-15H2,1H3;1H. The lowest BCUT2D eigenvalue weighted by Gasteiger charge is -2.29. The number of aryl methyl sites for hydroxylation is 1. The molecule has 9 heteroatoms. The van der Waals surface area contributed by atoms with E-state index in [1.54, 1.807) is 23.1 Å². The van der Waals surface area contributed by atoms with Gasteiger partial charge in [-0.3, -0.25) is 14.6 Å². The minimum Gasteiger partial charge on any atom is -0.379 e. The summed E-state index contributed by atoms with van der Waals surface area (Å²) < 4.78 is 6.48. The number of carbonyl (C=O) groups excluding carboxylic acids is 1. The second-order valence-electron chi connectivity index (χ2n) is 7.83. The van der Waals surface area contributed by atoms with Gasteiger partial charge in [-0.1, -0.05) is 41.1 Å². The molecule has 1 aliphatic heterocycles. The van der Waals surface area contributed by atoms with Crippen molar-refractivity contribution in [3.8, 4) is 0 Å². The van der Waals surface area contributed by atoms with Crippen LogP contribution in [-0.2, 0) is 9.53 Å².